The lowest BCUT2D eigenvalue weighted by atomic mass is 10.1. The Morgan fingerprint density at radius 1 is 1.03 bits per heavy atom. The normalized spacial score (nSPS) is 14.6. The number of anilines is 1. The number of hydrogen-bond acceptors (Lipinski definition) is 7. The summed E-state index contributed by atoms with van der Waals surface area (Å²) >= 11 is 12.4. The van der Waals surface area contributed by atoms with Gasteiger partial charge in [0, 0.05) is 6.07 Å². The number of halogens is 2. The SMILES string of the molecule is CCCOc1ccc(N2C(=O)NC(=O)/C(=C\c3cc(Cl)c(OCC(N)=O)c(Cl)c3)C2=O)cc1OCC. The van der Waals surface area contributed by atoms with Crippen LogP contribution >= 0.6 is 23.2 Å². The van der Waals surface area contributed by atoms with E-state index in [1.165, 1.54) is 30.3 Å². The average Bonchev–Trinajstić information content (AvgIpc) is 2.80. The lowest BCUT2D eigenvalue weighted by molar-refractivity contribution is -0.123. The van der Waals surface area contributed by atoms with Gasteiger partial charge in [-0.1, -0.05) is 30.1 Å². The number of ether oxygens (including phenoxy) is 3. The maximum atomic E-state index is 13.3. The number of nitrogens with zero attached hydrogens (tertiary/aromatic N) is 1. The first-order chi connectivity index (χ1) is 17.2. The van der Waals surface area contributed by atoms with E-state index in [4.69, 9.17) is 43.1 Å². The molecule has 5 amide bonds. The fourth-order valence-electron chi connectivity index (χ4n) is 3.24. The molecule has 1 saturated heterocycles. The number of nitrogens with two attached hydrogens (primary N) is 1. The molecule has 1 fully saturated rings. The lowest BCUT2D eigenvalue weighted by Gasteiger charge is -2.27. The summed E-state index contributed by atoms with van der Waals surface area (Å²) in [5.41, 5.74) is 5.18. The molecule has 0 unspecified atom stereocenters. The molecule has 2 aromatic rings. The maximum absolute atomic E-state index is 13.3. The molecule has 0 aliphatic carbocycles. The third-order valence-electron chi connectivity index (χ3n) is 4.74. The molecule has 0 aromatic heterocycles. The van der Waals surface area contributed by atoms with Gasteiger partial charge in [0.25, 0.3) is 17.7 Å². The van der Waals surface area contributed by atoms with Crippen molar-refractivity contribution in [1.82, 2.24) is 5.32 Å². The number of rotatable bonds is 10. The molecule has 1 heterocycles. The number of urea groups is 1. The van der Waals surface area contributed by atoms with Gasteiger partial charge in [0.1, 0.15) is 5.57 Å². The van der Waals surface area contributed by atoms with E-state index < -0.39 is 30.4 Å². The van der Waals surface area contributed by atoms with Gasteiger partial charge in [-0.15, -0.1) is 0 Å². The summed E-state index contributed by atoms with van der Waals surface area (Å²) in [5, 5.41) is 2.20. The minimum atomic E-state index is -0.918. The highest BCUT2D eigenvalue weighted by atomic mass is 35.5. The molecule has 12 heteroatoms. The van der Waals surface area contributed by atoms with Gasteiger partial charge < -0.3 is 19.9 Å². The van der Waals surface area contributed by atoms with Gasteiger partial charge in [0.05, 0.1) is 28.9 Å². The Balaban J connectivity index is 1.96. The van der Waals surface area contributed by atoms with Crippen molar-refractivity contribution in [2.75, 3.05) is 24.7 Å². The lowest BCUT2D eigenvalue weighted by Crippen LogP contribution is -2.54. The van der Waals surface area contributed by atoms with E-state index in [2.05, 4.69) is 5.32 Å². The van der Waals surface area contributed by atoms with E-state index in [9.17, 15) is 19.2 Å². The first kappa shape index (κ1) is 26.8. The van der Waals surface area contributed by atoms with Gasteiger partial charge in [0.2, 0.25) is 0 Å². The summed E-state index contributed by atoms with van der Waals surface area (Å²) in [6.45, 7) is 4.09. The molecule has 0 saturated carbocycles. The highest BCUT2D eigenvalue weighted by molar-refractivity contribution is 6.40. The Labute approximate surface area is 216 Å². The molecule has 0 atom stereocenters. The van der Waals surface area contributed by atoms with Gasteiger partial charge >= 0.3 is 6.03 Å². The molecule has 0 bridgehead atoms. The van der Waals surface area contributed by atoms with E-state index in [1.807, 2.05) is 6.92 Å². The number of carbonyl (C=O) groups excluding carboxylic acids is 4. The van der Waals surface area contributed by atoms with Gasteiger partial charge in [-0.05, 0) is 49.2 Å². The quantitative estimate of drug-likeness (QED) is 0.349. The molecule has 3 N–H and O–H groups in total. The molecular weight excluding hydrogens is 513 g/mol. The van der Waals surface area contributed by atoms with Crippen molar-refractivity contribution >= 4 is 58.7 Å². The predicted octanol–water partition coefficient (Wildman–Crippen LogP) is 3.71. The summed E-state index contributed by atoms with van der Waals surface area (Å²) < 4.78 is 16.5. The van der Waals surface area contributed by atoms with Crippen molar-refractivity contribution in [3.63, 3.8) is 0 Å². The minimum Gasteiger partial charge on any atom is -0.490 e. The van der Waals surface area contributed by atoms with Crippen LogP contribution in [-0.4, -0.2) is 43.6 Å². The molecule has 190 valence electrons. The number of amides is 5. The Morgan fingerprint density at radius 2 is 1.72 bits per heavy atom. The molecule has 0 radical (unpaired) electrons. The number of carbonyl (C=O) groups is 4. The fourth-order valence-corrected chi connectivity index (χ4v) is 3.85. The van der Waals surface area contributed by atoms with Crippen LogP contribution in [0.3, 0.4) is 0 Å². The Hall–Kier alpha value is -3.76. The van der Waals surface area contributed by atoms with Gasteiger partial charge in [0.15, 0.2) is 23.9 Å². The summed E-state index contributed by atoms with van der Waals surface area (Å²) in [6, 6.07) is 6.42. The van der Waals surface area contributed by atoms with Crippen LogP contribution in [0.4, 0.5) is 10.5 Å². The van der Waals surface area contributed by atoms with Crippen LogP contribution in [0.1, 0.15) is 25.8 Å². The monoisotopic (exact) mass is 535 g/mol. The van der Waals surface area contributed by atoms with Crippen LogP contribution < -0.4 is 30.2 Å². The summed E-state index contributed by atoms with van der Waals surface area (Å²) in [4.78, 5) is 50.1. The van der Waals surface area contributed by atoms with Crippen molar-refractivity contribution in [1.29, 1.82) is 0 Å². The minimum absolute atomic E-state index is 0.0179. The number of benzene rings is 2. The third kappa shape index (κ3) is 6.07. The van der Waals surface area contributed by atoms with Crippen molar-refractivity contribution in [3.05, 3.63) is 51.5 Å². The molecule has 10 nitrogen and oxygen atoms in total. The number of imide groups is 2. The molecule has 0 spiro atoms. The smallest absolute Gasteiger partial charge is 0.335 e. The highest BCUT2D eigenvalue weighted by Crippen LogP contribution is 2.36. The number of hydrogen-bond donors (Lipinski definition) is 2. The maximum Gasteiger partial charge on any atom is 0.335 e. The summed E-state index contributed by atoms with van der Waals surface area (Å²) in [7, 11) is 0. The van der Waals surface area contributed by atoms with Crippen LogP contribution in [0.15, 0.2) is 35.9 Å². The van der Waals surface area contributed by atoms with Crippen LogP contribution in [0.2, 0.25) is 10.0 Å². The largest absolute Gasteiger partial charge is 0.490 e. The highest BCUT2D eigenvalue weighted by Gasteiger charge is 2.37. The topological polar surface area (TPSA) is 137 Å². The Kier molecular flexibility index (Phi) is 8.78. The second-order valence-corrected chi connectivity index (χ2v) is 8.25. The van der Waals surface area contributed by atoms with Gasteiger partial charge in [-0.3, -0.25) is 19.7 Å². The number of primary amides is 1. The third-order valence-corrected chi connectivity index (χ3v) is 5.30. The zero-order valence-corrected chi connectivity index (χ0v) is 20.9. The standard InChI is InChI=1S/C24H23Cl2N3O7/c1-3-7-35-18-6-5-14(11-19(18)34-4-2)29-23(32)15(22(31)28-24(29)33)8-13-9-16(25)21(17(26)10-13)36-12-20(27)30/h5-6,8-11H,3-4,7,12H2,1-2H3,(H2,27,30)(H,28,31,33)/b15-8+. The van der Waals surface area contributed by atoms with Gasteiger partial charge in [-0.25, -0.2) is 9.69 Å². The van der Waals surface area contributed by atoms with Crippen LogP contribution in [0.5, 0.6) is 17.2 Å². The van der Waals surface area contributed by atoms with Gasteiger partial charge in [-0.2, -0.15) is 0 Å². The molecule has 2 aromatic carbocycles. The molecule has 3 rings (SSSR count). The van der Waals surface area contributed by atoms with Crippen molar-refractivity contribution in [2.45, 2.75) is 20.3 Å². The zero-order chi connectivity index (χ0) is 26.4. The summed E-state index contributed by atoms with van der Waals surface area (Å²) in [6.07, 6.45) is 2.01. The zero-order valence-electron chi connectivity index (χ0n) is 19.4. The number of barbiturate groups is 1. The summed E-state index contributed by atoms with van der Waals surface area (Å²) in [5.74, 6) is -1.66. The first-order valence-corrected chi connectivity index (χ1v) is 11.6. The average molecular weight is 536 g/mol. The number of nitrogens with one attached hydrogen (secondary N) is 1. The molecular formula is C24H23Cl2N3O7. The molecule has 1 aliphatic heterocycles. The van der Waals surface area contributed by atoms with Crippen molar-refractivity contribution in [3.8, 4) is 17.2 Å². The van der Waals surface area contributed by atoms with Crippen LogP contribution in [-0.2, 0) is 14.4 Å². The molecule has 1 aliphatic rings. The fraction of sp³-hybridized carbons (Fsp3) is 0.250. The first-order valence-electron chi connectivity index (χ1n) is 10.9. The molecule has 36 heavy (non-hydrogen) atoms. The second-order valence-electron chi connectivity index (χ2n) is 7.44. The van der Waals surface area contributed by atoms with Crippen molar-refractivity contribution in [2.24, 2.45) is 5.73 Å². The van der Waals surface area contributed by atoms with E-state index in [-0.39, 0.29) is 32.6 Å². The van der Waals surface area contributed by atoms with Crippen LogP contribution in [0.25, 0.3) is 6.08 Å². The Morgan fingerprint density at radius 3 is 2.33 bits per heavy atom. The second kappa shape index (κ2) is 11.8. The van der Waals surface area contributed by atoms with E-state index in [0.717, 1.165) is 11.3 Å². The Bertz CT molecular complexity index is 1220. The van der Waals surface area contributed by atoms with E-state index in [0.29, 0.717) is 24.7 Å². The van der Waals surface area contributed by atoms with E-state index >= 15 is 0 Å². The van der Waals surface area contributed by atoms with E-state index in [1.54, 1.807) is 13.0 Å². The predicted molar refractivity (Wildman–Crippen MR) is 134 cm³/mol. The van der Waals surface area contributed by atoms with Crippen LogP contribution in [0, 0.1) is 0 Å². The van der Waals surface area contributed by atoms with Crippen molar-refractivity contribution < 1.29 is 33.4 Å².